The van der Waals surface area contributed by atoms with Crippen LogP contribution in [0, 0.1) is 6.92 Å². The molecule has 0 saturated heterocycles. The number of fused-ring (bicyclic) bond motifs is 1. The van der Waals surface area contributed by atoms with Crippen LogP contribution in [0.3, 0.4) is 0 Å². The predicted molar refractivity (Wildman–Crippen MR) is 143 cm³/mol. The number of hydrogen-bond donors (Lipinski definition) is 1. The topological polar surface area (TPSA) is 69.0 Å². The molecule has 0 unspecified atom stereocenters. The molecule has 36 heavy (non-hydrogen) atoms. The quantitative estimate of drug-likeness (QED) is 0.258. The molecule has 0 radical (unpaired) electrons. The Morgan fingerprint density at radius 1 is 1.00 bits per heavy atom. The number of ether oxygens (including phenoxy) is 1. The van der Waals surface area contributed by atoms with E-state index in [4.69, 9.17) is 16.3 Å². The number of rotatable bonds is 7. The van der Waals surface area contributed by atoms with E-state index < -0.39 is 0 Å². The Hall–Kier alpha value is -4.42. The summed E-state index contributed by atoms with van der Waals surface area (Å²) in [5.74, 6) is 1.64. The van der Waals surface area contributed by atoms with Crippen molar-refractivity contribution in [1.29, 1.82) is 0 Å². The van der Waals surface area contributed by atoms with E-state index in [2.05, 4.69) is 15.4 Å². The summed E-state index contributed by atoms with van der Waals surface area (Å²) in [4.78, 5) is 17.3. The van der Waals surface area contributed by atoms with Crippen LogP contribution in [0.15, 0.2) is 97.1 Å². The Bertz CT molecular complexity index is 1560. The average molecular weight is 495 g/mol. The largest absolute Gasteiger partial charge is 0.489 e. The van der Waals surface area contributed by atoms with Crippen LogP contribution in [-0.2, 0) is 11.4 Å². The minimum Gasteiger partial charge on any atom is -0.489 e. The van der Waals surface area contributed by atoms with E-state index in [9.17, 15) is 4.79 Å². The second-order valence-electron chi connectivity index (χ2n) is 8.22. The first-order chi connectivity index (χ1) is 17.5. The first-order valence-electron chi connectivity index (χ1n) is 11.4. The summed E-state index contributed by atoms with van der Waals surface area (Å²) in [7, 11) is 0. The monoisotopic (exact) mass is 494 g/mol. The van der Waals surface area contributed by atoms with E-state index in [1.54, 1.807) is 10.8 Å². The summed E-state index contributed by atoms with van der Waals surface area (Å²) in [5, 5.41) is 9.13. The van der Waals surface area contributed by atoms with E-state index in [1.165, 1.54) is 6.08 Å². The van der Waals surface area contributed by atoms with E-state index in [0.717, 1.165) is 33.5 Å². The molecule has 5 rings (SSSR count). The van der Waals surface area contributed by atoms with Crippen molar-refractivity contribution in [2.75, 3.05) is 5.32 Å². The van der Waals surface area contributed by atoms with Crippen LogP contribution in [0.25, 0.3) is 22.8 Å². The highest BCUT2D eigenvalue weighted by Gasteiger charge is 2.11. The highest BCUT2D eigenvalue weighted by molar-refractivity contribution is 6.31. The van der Waals surface area contributed by atoms with Crippen LogP contribution in [0.4, 0.5) is 5.82 Å². The Morgan fingerprint density at radius 3 is 2.61 bits per heavy atom. The maximum Gasteiger partial charge on any atom is 0.249 e. The number of carbonyl (C=O) groups excluding carboxylic acids is 1. The van der Waals surface area contributed by atoms with E-state index in [-0.39, 0.29) is 5.91 Å². The van der Waals surface area contributed by atoms with Crippen LogP contribution >= 0.6 is 11.6 Å². The molecule has 0 aliphatic heterocycles. The molecule has 178 valence electrons. The Labute approximate surface area is 213 Å². The summed E-state index contributed by atoms with van der Waals surface area (Å²) in [6, 6.07) is 28.6. The van der Waals surface area contributed by atoms with Crippen LogP contribution in [0.5, 0.6) is 5.75 Å². The van der Waals surface area contributed by atoms with Crippen molar-refractivity contribution >= 4 is 40.3 Å². The molecule has 3 aromatic carbocycles. The standard InChI is InChI=1S/C29H23ClN4O2/c1-20-18-28(34(33-20)27-16-13-22-6-3-5-9-26(22)31-27)32-29(35)17-12-21-10-14-24(15-11-21)36-19-23-7-2-4-8-25(23)30/h2-18H,19H2,1H3,(H,32,35)/b17-12+. The molecule has 1 amide bonds. The van der Waals surface area contributed by atoms with E-state index in [0.29, 0.717) is 23.3 Å². The molecular weight excluding hydrogens is 472 g/mol. The zero-order valence-corrected chi connectivity index (χ0v) is 20.3. The molecule has 2 aromatic heterocycles. The van der Waals surface area contributed by atoms with Crippen LogP contribution < -0.4 is 10.1 Å². The molecule has 0 fully saturated rings. The molecule has 0 bridgehead atoms. The lowest BCUT2D eigenvalue weighted by Gasteiger charge is -2.08. The number of aromatic nitrogens is 3. The minimum atomic E-state index is -0.268. The number of para-hydroxylation sites is 1. The highest BCUT2D eigenvalue weighted by atomic mass is 35.5. The summed E-state index contributed by atoms with van der Waals surface area (Å²) in [5.41, 5.74) is 3.43. The summed E-state index contributed by atoms with van der Waals surface area (Å²) in [6.07, 6.45) is 3.23. The first kappa shape index (κ1) is 23.3. The molecule has 2 heterocycles. The van der Waals surface area contributed by atoms with Crippen LogP contribution in [-0.4, -0.2) is 20.7 Å². The van der Waals surface area contributed by atoms with E-state index in [1.807, 2.05) is 97.9 Å². The number of aryl methyl sites for hydroxylation is 1. The number of pyridine rings is 1. The lowest BCUT2D eigenvalue weighted by molar-refractivity contribution is -0.111. The molecule has 0 aliphatic rings. The van der Waals surface area contributed by atoms with Gasteiger partial charge < -0.3 is 10.1 Å². The smallest absolute Gasteiger partial charge is 0.249 e. The van der Waals surface area contributed by atoms with Crippen molar-refractivity contribution in [3.8, 4) is 11.6 Å². The predicted octanol–water partition coefficient (Wildman–Crippen LogP) is 6.61. The molecule has 0 atom stereocenters. The number of benzene rings is 3. The van der Waals surface area contributed by atoms with Gasteiger partial charge in [0.1, 0.15) is 18.2 Å². The fourth-order valence-electron chi connectivity index (χ4n) is 3.73. The van der Waals surface area contributed by atoms with Gasteiger partial charge in [-0.1, -0.05) is 60.1 Å². The van der Waals surface area contributed by atoms with Gasteiger partial charge in [-0.05, 0) is 55.0 Å². The van der Waals surface area contributed by atoms with Crippen molar-refractivity contribution in [2.45, 2.75) is 13.5 Å². The average Bonchev–Trinajstić information content (AvgIpc) is 3.27. The Balaban J connectivity index is 1.24. The van der Waals surface area contributed by atoms with Gasteiger partial charge in [0.15, 0.2) is 5.82 Å². The molecule has 0 aliphatic carbocycles. The number of hydrogen-bond acceptors (Lipinski definition) is 4. The SMILES string of the molecule is Cc1cc(NC(=O)/C=C/c2ccc(OCc3ccccc3Cl)cc2)n(-c2ccc3ccccc3n2)n1. The van der Waals surface area contributed by atoms with Crippen molar-refractivity contribution in [1.82, 2.24) is 14.8 Å². The molecule has 0 spiro atoms. The number of anilines is 1. The van der Waals surface area contributed by atoms with Gasteiger partial charge in [0, 0.05) is 28.1 Å². The van der Waals surface area contributed by atoms with Gasteiger partial charge in [0.05, 0.1) is 11.2 Å². The van der Waals surface area contributed by atoms with Crippen molar-refractivity contribution < 1.29 is 9.53 Å². The van der Waals surface area contributed by atoms with Gasteiger partial charge in [-0.25, -0.2) is 4.98 Å². The number of nitrogens with one attached hydrogen (secondary N) is 1. The molecule has 5 aromatic rings. The Morgan fingerprint density at radius 2 is 1.78 bits per heavy atom. The number of carbonyl (C=O) groups is 1. The third kappa shape index (κ3) is 5.45. The molecule has 6 nitrogen and oxygen atoms in total. The number of nitrogens with zero attached hydrogens (tertiary/aromatic N) is 3. The molecule has 1 N–H and O–H groups in total. The second kappa shape index (κ2) is 10.5. The van der Waals surface area contributed by atoms with Crippen LogP contribution in [0.1, 0.15) is 16.8 Å². The lowest BCUT2D eigenvalue weighted by Crippen LogP contribution is -2.13. The minimum absolute atomic E-state index is 0.268. The lowest BCUT2D eigenvalue weighted by atomic mass is 10.2. The second-order valence-corrected chi connectivity index (χ2v) is 8.62. The summed E-state index contributed by atoms with van der Waals surface area (Å²) >= 11 is 6.18. The normalized spacial score (nSPS) is 11.2. The maximum absolute atomic E-state index is 12.7. The zero-order valence-electron chi connectivity index (χ0n) is 19.6. The van der Waals surface area contributed by atoms with Crippen molar-refractivity contribution in [3.63, 3.8) is 0 Å². The van der Waals surface area contributed by atoms with Crippen molar-refractivity contribution in [2.24, 2.45) is 0 Å². The van der Waals surface area contributed by atoms with Gasteiger partial charge in [0.25, 0.3) is 0 Å². The number of halogens is 1. The van der Waals surface area contributed by atoms with E-state index >= 15 is 0 Å². The number of amides is 1. The summed E-state index contributed by atoms with van der Waals surface area (Å²) in [6.45, 7) is 2.26. The zero-order chi connectivity index (χ0) is 24.9. The van der Waals surface area contributed by atoms with Crippen molar-refractivity contribution in [3.05, 3.63) is 119 Å². The fourth-order valence-corrected chi connectivity index (χ4v) is 3.92. The molecule has 0 saturated carbocycles. The van der Waals surface area contributed by atoms with Gasteiger partial charge in [-0.15, -0.1) is 0 Å². The fraction of sp³-hybridized carbons (Fsp3) is 0.0690. The van der Waals surface area contributed by atoms with Gasteiger partial charge in [0.2, 0.25) is 5.91 Å². The molecule has 7 heteroatoms. The summed E-state index contributed by atoms with van der Waals surface area (Å²) < 4.78 is 7.45. The van der Waals surface area contributed by atoms with Gasteiger partial charge in [-0.3, -0.25) is 4.79 Å². The maximum atomic E-state index is 12.7. The highest BCUT2D eigenvalue weighted by Crippen LogP contribution is 2.21. The third-order valence-corrected chi connectivity index (χ3v) is 5.91. The van der Waals surface area contributed by atoms with Gasteiger partial charge in [-0.2, -0.15) is 9.78 Å². The third-order valence-electron chi connectivity index (χ3n) is 5.54. The van der Waals surface area contributed by atoms with Gasteiger partial charge >= 0.3 is 0 Å². The van der Waals surface area contributed by atoms with Crippen LogP contribution in [0.2, 0.25) is 5.02 Å². The first-order valence-corrected chi connectivity index (χ1v) is 11.8. The molecular formula is C29H23ClN4O2. The Kier molecular flexibility index (Phi) is 6.78.